The van der Waals surface area contributed by atoms with Crippen LogP contribution in [0.1, 0.15) is 5.56 Å². The van der Waals surface area contributed by atoms with Crippen molar-refractivity contribution in [1.82, 2.24) is 10.9 Å². The Morgan fingerprint density at radius 2 is 2.28 bits per heavy atom. The van der Waals surface area contributed by atoms with Crippen molar-refractivity contribution in [3.8, 4) is 0 Å². The van der Waals surface area contributed by atoms with Crippen LogP contribution >= 0.6 is 15.9 Å². The molecule has 1 aliphatic heterocycles. The van der Waals surface area contributed by atoms with Gasteiger partial charge in [-0.05, 0) is 6.07 Å². The molecule has 92 valence electrons. The van der Waals surface area contributed by atoms with E-state index >= 15 is 0 Å². The summed E-state index contributed by atoms with van der Waals surface area (Å²) in [6.45, 7) is 0. The van der Waals surface area contributed by atoms with E-state index in [2.05, 4.69) is 37.0 Å². The van der Waals surface area contributed by atoms with E-state index in [0.717, 1.165) is 10.0 Å². The lowest BCUT2D eigenvalue weighted by molar-refractivity contribution is -0.131. The summed E-state index contributed by atoms with van der Waals surface area (Å²) in [5.74, 6) is -1.89. The largest absolute Gasteiger partial charge is 0.272 e. The highest BCUT2D eigenvalue weighted by Gasteiger charge is 2.28. The van der Waals surface area contributed by atoms with Crippen molar-refractivity contribution in [2.45, 2.75) is 0 Å². The van der Waals surface area contributed by atoms with Crippen molar-refractivity contribution in [2.75, 3.05) is 0 Å². The quantitative estimate of drug-likeness (QED) is 0.488. The highest BCUT2D eigenvalue weighted by molar-refractivity contribution is 9.10. The third-order valence-corrected chi connectivity index (χ3v) is 2.97. The molecule has 18 heavy (non-hydrogen) atoms. The summed E-state index contributed by atoms with van der Waals surface area (Å²) in [5.41, 5.74) is 5.29. The molecule has 2 amide bonds. The smallest absolute Gasteiger partial charge is 0.258 e. The molecular formula is C11H9BrN4O2. The maximum atomic E-state index is 11.5. The Bertz CT molecular complexity index is 542. The molecule has 1 heterocycles. The van der Waals surface area contributed by atoms with Gasteiger partial charge in [-0.3, -0.25) is 9.59 Å². The van der Waals surface area contributed by atoms with Crippen molar-refractivity contribution in [2.24, 2.45) is 16.1 Å². The zero-order valence-corrected chi connectivity index (χ0v) is 10.7. The Balaban J connectivity index is 1.96. The molecule has 1 aliphatic rings. The zero-order chi connectivity index (χ0) is 13.0. The molecule has 0 radical (unpaired) electrons. The van der Waals surface area contributed by atoms with Gasteiger partial charge in [-0.15, -0.1) is 0 Å². The first-order chi connectivity index (χ1) is 8.68. The van der Waals surface area contributed by atoms with Gasteiger partial charge in [0, 0.05) is 16.3 Å². The van der Waals surface area contributed by atoms with Crippen LogP contribution < -0.4 is 10.9 Å². The number of nitrogens with one attached hydrogen (secondary N) is 2. The van der Waals surface area contributed by atoms with Gasteiger partial charge in [0.05, 0.1) is 6.21 Å². The van der Waals surface area contributed by atoms with Crippen LogP contribution in [-0.4, -0.2) is 24.2 Å². The highest BCUT2D eigenvalue weighted by Crippen LogP contribution is 2.13. The Kier molecular flexibility index (Phi) is 3.83. The number of rotatable bonds is 3. The topological polar surface area (TPSA) is 82.9 Å². The molecule has 0 aliphatic carbocycles. The number of nitrogens with zero attached hydrogens (tertiary/aromatic N) is 2. The number of carbonyl (C=O) groups excluding carboxylic acids is 2. The van der Waals surface area contributed by atoms with E-state index < -0.39 is 17.7 Å². The van der Waals surface area contributed by atoms with Crippen LogP contribution in [-0.2, 0) is 9.59 Å². The second kappa shape index (κ2) is 5.54. The standard InChI is InChI=1S/C11H9BrN4O2/c12-9-4-2-1-3-7(9)5-13-15-10(17)8-6-14-16-11(8)18/h1-6,8H,(H,15,17)(H,16,18)/b13-5-/t8-/m0/s1. The van der Waals surface area contributed by atoms with Crippen molar-refractivity contribution in [3.63, 3.8) is 0 Å². The van der Waals surface area contributed by atoms with Crippen LogP contribution in [0.15, 0.2) is 38.9 Å². The molecule has 1 aromatic carbocycles. The summed E-state index contributed by atoms with van der Waals surface area (Å²) in [6.07, 6.45) is 2.73. The molecule has 0 spiro atoms. The molecule has 0 saturated carbocycles. The second-order valence-corrected chi connectivity index (χ2v) is 4.34. The van der Waals surface area contributed by atoms with Crippen LogP contribution in [0, 0.1) is 5.92 Å². The average Bonchev–Trinajstić information content (AvgIpc) is 2.78. The van der Waals surface area contributed by atoms with Crippen molar-refractivity contribution >= 4 is 40.2 Å². The lowest BCUT2D eigenvalue weighted by Gasteiger charge is -2.02. The Hall–Kier alpha value is -2.02. The van der Waals surface area contributed by atoms with E-state index in [4.69, 9.17) is 0 Å². The Labute approximate surface area is 111 Å². The minimum atomic E-state index is -0.915. The summed E-state index contributed by atoms with van der Waals surface area (Å²) in [7, 11) is 0. The molecule has 1 atom stereocenters. The van der Waals surface area contributed by atoms with Crippen molar-refractivity contribution < 1.29 is 9.59 Å². The van der Waals surface area contributed by atoms with E-state index in [9.17, 15) is 9.59 Å². The van der Waals surface area contributed by atoms with Crippen LogP contribution in [0.25, 0.3) is 0 Å². The van der Waals surface area contributed by atoms with E-state index in [0.29, 0.717) is 0 Å². The van der Waals surface area contributed by atoms with Crippen LogP contribution in [0.2, 0.25) is 0 Å². The summed E-state index contributed by atoms with van der Waals surface area (Å²) in [6, 6.07) is 7.42. The summed E-state index contributed by atoms with van der Waals surface area (Å²) in [4.78, 5) is 22.7. The predicted octanol–water partition coefficient (Wildman–Crippen LogP) is 0.631. The number of hydrogen-bond acceptors (Lipinski definition) is 4. The average molecular weight is 309 g/mol. The van der Waals surface area contributed by atoms with Gasteiger partial charge in [0.25, 0.3) is 11.8 Å². The van der Waals surface area contributed by atoms with Crippen LogP contribution in [0.4, 0.5) is 0 Å². The molecule has 0 fully saturated rings. The summed E-state index contributed by atoms with van der Waals surface area (Å²) in [5, 5.41) is 7.29. The maximum Gasteiger partial charge on any atom is 0.258 e. The van der Waals surface area contributed by atoms with E-state index in [1.54, 1.807) is 0 Å². The third kappa shape index (κ3) is 2.80. The maximum absolute atomic E-state index is 11.5. The Morgan fingerprint density at radius 1 is 1.50 bits per heavy atom. The minimum absolute atomic E-state index is 0.455. The number of carbonyl (C=O) groups is 2. The molecule has 2 rings (SSSR count). The fourth-order valence-corrected chi connectivity index (χ4v) is 1.70. The van der Waals surface area contributed by atoms with Gasteiger partial charge in [-0.25, -0.2) is 10.9 Å². The van der Waals surface area contributed by atoms with E-state index in [-0.39, 0.29) is 0 Å². The van der Waals surface area contributed by atoms with Gasteiger partial charge in [0.2, 0.25) is 0 Å². The van der Waals surface area contributed by atoms with E-state index in [1.165, 1.54) is 12.4 Å². The first-order valence-corrected chi connectivity index (χ1v) is 5.88. The van der Waals surface area contributed by atoms with Gasteiger partial charge < -0.3 is 0 Å². The predicted molar refractivity (Wildman–Crippen MR) is 70.0 cm³/mol. The first kappa shape index (κ1) is 12.4. The van der Waals surface area contributed by atoms with Crippen molar-refractivity contribution in [1.29, 1.82) is 0 Å². The molecule has 0 saturated heterocycles. The summed E-state index contributed by atoms with van der Waals surface area (Å²) < 4.78 is 0.864. The van der Waals surface area contributed by atoms with Gasteiger partial charge in [-0.2, -0.15) is 10.2 Å². The minimum Gasteiger partial charge on any atom is -0.272 e. The normalized spacial score (nSPS) is 18.1. The Morgan fingerprint density at radius 3 is 2.94 bits per heavy atom. The van der Waals surface area contributed by atoms with Crippen LogP contribution in [0.3, 0.4) is 0 Å². The first-order valence-electron chi connectivity index (χ1n) is 5.09. The van der Waals surface area contributed by atoms with Gasteiger partial charge >= 0.3 is 0 Å². The molecule has 0 unspecified atom stereocenters. The number of hydrogen-bond donors (Lipinski definition) is 2. The molecule has 7 heteroatoms. The number of amides is 2. The molecule has 0 bridgehead atoms. The van der Waals surface area contributed by atoms with Crippen LogP contribution in [0.5, 0.6) is 0 Å². The SMILES string of the molecule is O=C1NN=C[C@H]1C(=O)N/N=C\c1ccccc1Br. The molecular weight excluding hydrogens is 300 g/mol. The lowest BCUT2D eigenvalue weighted by atomic mass is 10.1. The highest BCUT2D eigenvalue weighted by atomic mass is 79.9. The third-order valence-electron chi connectivity index (χ3n) is 2.25. The number of halogens is 1. The lowest BCUT2D eigenvalue weighted by Crippen LogP contribution is -2.34. The molecule has 0 aromatic heterocycles. The fourth-order valence-electron chi connectivity index (χ4n) is 1.31. The van der Waals surface area contributed by atoms with Gasteiger partial charge in [0.1, 0.15) is 0 Å². The number of hydrazone groups is 2. The number of benzene rings is 1. The van der Waals surface area contributed by atoms with Crippen molar-refractivity contribution in [3.05, 3.63) is 34.3 Å². The fraction of sp³-hybridized carbons (Fsp3) is 0.0909. The molecule has 6 nitrogen and oxygen atoms in total. The monoisotopic (exact) mass is 308 g/mol. The summed E-state index contributed by atoms with van der Waals surface area (Å²) >= 11 is 3.35. The second-order valence-electron chi connectivity index (χ2n) is 3.49. The van der Waals surface area contributed by atoms with Gasteiger partial charge in [0.15, 0.2) is 5.92 Å². The zero-order valence-electron chi connectivity index (χ0n) is 9.13. The molecule has 2 N–H and O–H groups in total. The molecule has 1 aromatic rings. The van der Waals surface area contributed by atoms with Gasteiger partial charge in [-0.1, -0.05) is 34.1 Å². The van der Waals surface area contributed by atoms with E-state index in [1.807, 2.05) is 24.3 Å².